The molecule has 20 heavy (non-hydrogen) atoms. The van der Waals surface area contributed by atoms with Crippen LogP contribution in [0.2, 0.25) is 0 Å². The number of aromatic nitrogens is 1. The van der Waals surface area contributed by atoms with Crippen LogP contribution in [0, 0.1) is 6.92 Å². The molecule has 0 aliphatic carbocycles. The molecule has 0 aromatic carbocycles. The second-order valence-electron chi connectivity index (χ2n) is 5.44. The van der Waals surface area contributed by atoms with Gasteiger partial charge in [-0.3, -0.25) is 0 Å². The molecule has 1 heterocycles. The first-order valence-electron chi connectivity index (χ1n) is 7.52. The first kappa shape index (κ1) is 16.9. The number of hydrogen-bond acceptors (Lipinski definition) is 4. The van der Waals surface area contributed by atoms with Crippen LogP contribution in [0.25, 0.3) is 0 Å². The highest BCUT2D eigenvalue weighted by Crippen LogP contribution is 2.20. The van der Waals surface area contributed by atoms with Crippen LogP contribution in [-0.4, -0.2) is 37.8 Å². The number of anilines is 1. The normalized spacial score (nSPS) is 11.1. The zero-order chi connectivity index (χ0) is 15.0. The van der Waals surface area contributed by atoms with Gasteiger partial charge < -0.3 is 15.0 Å². The Morgan fingerprint density at radius 1 is 1.40 bits per heavy atom. The average Bonchev–Trinajstić information content (AvgIpc) is 2.41. The molecule has 0 spiro atoms. The van der Waals surface area contributed by atoms with Crippen molar-refractivity contribution in [2.75, 3.05) is 31.7 Å². The Balaban J connectivity index is 2.78. The van der Waals surface area contributed by atoms with Crippen molar-refractivity contribution in [3.8, 4) is 0 Å². The number of hydrogen-bond donors (Lipinski definition) is 1. The van der Waals surface area contributed by atoms with E-state index in [0.717, 1.165) is 38.5 Å². The van der Waals surface area contributed by atoms with Crippen molar-refractivity contribution in [3.63, 3.8) is 0 Å². The molecule has 4 nitrogen and oxygen atoms in total. The summed E-state index contributed by atoms with van der Waals surface area (Å²) in [5, 5.41) is 3.41. The quantitative estimate of drug-likeness (QED) is 0.705. The molecule has 1 aromatic heterocycles. The third kappa shape index (κ3) is 5.10. The molecule has 4 heteroatoms. The molecule has 0 amide bonds. The molecular weight excluding hydrogens is 250 g/mol. The van der Waals surface area contributed by atoms with Crippen LogP contribution in [0.3, 0.4) is 0 Å². The van der Waals surface area contributed by atoms with Crippen molar-refractivity contribution in [1.29, 1.82) is 0 Å². The van der Waals surface area contributed by atoms with Crippen molar-refractivity contribution in [1.82, 2.24) is 10.3 Å². The Bertz CT molecular complexity index is 393. The van der Waals surface area contributed by atoms with Crippen LogP contribution in [0.1, 0.15) is 38.3 Å². The molecular formula is C16H29N3O. The lowest BCUT2D eigenvalue weighted by atomic mass is 10.1. The van der Waals surface area contributed by atoms with Crippen LogP contribution < -0.4 is 10.2 Å². The van der Waals surface area contributed by atoms with Gasteiger partial charge in [-0.15, -0.1) is 0 Å². The van der Waals surface area contributed by atoms with E-state index in [4.69, 9.17) is 4.74 Å². The number of nitrogens with one attached hydrogen (secondary N) is 1. The number of nitrogens with zero attached hydrogens (tertiary/aromatic N) is 2. The van der Waals surface area contributed by atoms with Gasteiger partial charge in [-0.1, -0.05) is 6.92 Å². The van der Waals surface area contributed by atoms with Crippen molar-refractivity contribution < 1.29 is 4.74 Å². The molecule has 1 aromatic rings. The summed E-state index contributed by atoms with van der Waals surface area (Å²) in [6.45, 7) is 12.2. The molecule has 0 fully saturated rings. The summed E-state index contributed by atoms with van der Waals surface area (Å²) >= 11 is 0. The van der Waals surface area contributed by atoms with Gasteiger partial charge in [0.1, 0.15) is 5.82 Å². The van der Waals surface area contributed by atoms with Crippen LogP contribution in [0.15, 0.2) is 12.3 Å². The Kier molecular flexibility index (Phi) is 7.55. The number of rotatable bonds is 9. The Labute approximate surface area is 123 Å². The summed E-state index contributed by atoms with van der Waals surface area (Å²) in [4.78, 5) is 6.96. The van der Waals surface area contributed by atoms with Gasteiger partial charge in [-0.05, 0) is 50.9 Å². The smallest absolute Gasteiger partial charge is 0.131 e. The maximum absolute atomic E-state index is 5.19. The lowest BCUT2D eigenvalue weighted by Gasteiger charge is -2.29. The largest absolute Gasteiger partial charge is 0.383 e. The molecule has 0 aliphatic rings. The monoisotopic (exact) mass is 279 g/mol. The molecule has 0 atom stereocenters. The molecule has 114 valence electrons. The van der Waals surface area contributed by atoms with Crippen LogP contribution in [0.5, 0.6) is 0 Å². The third-order valence-corrected chi connectivity index (χ3v) is 3.29. The fraction of sp³-hybridized carbons (Fsp3) is 0.688. The van der Waals surface area contributed by atoms with Crippen LogP contribution in [0.4, 0.5) is 5.82 Å². The first-order valence-corrected chi connectivity index (χ1v) is 7.52. The maximum Gasteiger partial charge on any atom is 0.131 e. The fourth-order valence-electron chi connectivity index (χ4n) is 2.23. The second-order valence-corrected chi connectivity index (χ2v) is 5.44. The minimum absolute atomic E-state index is 0.417. The molecule has 0 saturated heterocycles. The van der Waals surface area contributed by atoms with Crippen molar-refractivity contribution in [2.45, 2.75) is 46.7 Å². The highest BCUT2D eigenvalue weighted by molar-refractivity contribution is 5.48. The predicted molar refractivity (Wildman–Crippen MR) is 85.3 cm³/mol. The zero-order valence-electron chi connectivity index (χ0n) is 13.6. The lowest BCUT2D eigenvalue weighted by Crippen LogP contribution is -2.35. The topological polar surface area (TPSA) is 37.4 Å². The van der Waals surface area contributed by atoms with Gasteiger partial charge in [-0.25, -0.2) is 4.98 Å². The minimum Gasteiger partial charge on any atom is -0.383 e. The van der Waals surface area contributed by atoms with Gasteiger partial charge in [0.2, 0.25) is 0 Å². The summed E-state index contributed by atoms with van der Waals surface area (Å²) in [6.07, 6.45) is 3.13. The van der Waals surface area contributed by atoms with Gasteiger partial charge in [0.15, 0.2) is 0 Å². The molecule has 0 saturated carbocycles. The maximum atomic E-state index is 5.19. The van der Waals surface area contributed by atoms with Crippen molar-refractivity contribution in [2.24, 2.45) is 0 Å². The zero-order valence-corrected chi connectivity index (χ0v) is 13.6. The van der Waals surface area contributed by atoms with Crippen LogP contribution in [-0.2, 0) is 11.3 Å². The SMILES string of the molecule is CCCNCc1cnc(N(CCOC)C(C)C)c(C)c1. The molecule has 0 aliphatic heterocycles. The Morgan fingerprint density at radius 2 is 2.15 bits per heavy atom. The highest BCUT2D eigenvalue weighted by Gasteiger charge is 2.14. The van der Waals surface area contributed by atoms with E-state index in [-0.39, 0.29) is 0 Å². The summed E-state index contributed by atoms with van der Waals surface area (Å²) < 4.78 is 5.19. The summed E-state index contributed by atoms with van der Waals surface area (Å²) in [5.74, 6) is 1.07. The third-order valence-electron chi connectivity index (χ3n) is 3.29. The van der Waals surface area contributed by atoms with E-state index in [1.54, 1.807) is 7.11 Å². The number of ether oxygens (including phenoxy) is 1. The molecule has 0 radical (unpaired) electrons. The van der Waals surface area contributed by atoms with Gasteiger partial charge in [0.05, 0.1) is 6.61 Å². The summed E-state index contributed by atoms with van der Waals surface area (Å²) in [7, 11) is 1.74. The van der Waals surface area contributed by atoms with Gasteiger partial charge >= 0.3 is 0 Å². The van der Waals surface area contributed by atoms with Gasteiger partial charge in [-0.2, -0.15) is 0 Å². The van der Waals surface area contributed by atoms with Gasteiger partial charge in [0.25, 0.3) is 0 Å². The molecule has 0 bridgehead atoms. The van der Waals surface area contributed by atoms with Crippen molar-refractivity contribution >= 4 is 5.82 Å². The van der Waals surface area contributed by atoms with E-state index in [1.807, 2.05) is 6.20 Å². The molecule has 1 N–H and O–H groups in total. The van der Waals surface area contributed by atoms with E-state index in [1.165, 1.54) is 11.1 Å². The van der Waals surface area contributed by atoms with E-state index in [9.17, 15) is 0 Å². The number of aryl methyl sites for hydroxylation is 1. The first-order chi connectivity index (χ1) is 9.60. The fourth-order valence-corrected chi connectivity index (χ4v) is 2.23. The minimum atomic E-state index is 0.417. The number of pyridine rings is 1. The standard InChI is InChI=1S/C16H29N3O/c1-6-7-17-11-15-10-14(4)16(18-12-15)19(13(2)3)8-9-20-5/h10,12-13,17H,6-9,11H2,1-5H3. The van der Waals surface area contributed by atoms with Crippen LogP contribution >= 0.6 is 0 Å². The average molecular weight is 279 g/mol. The lowest BCUT2D eigenvalue weighted by molar-refractivity contribution is 0.203. The number of methoxy groups -OCH3 is 1. The highest BCUT2D eigenvalue weighted by atomic mass is 16.5. The summed E-state index contributed by atoms with van der Waals surface area (Å²) in [6, 6.07) is 2.65. The van der Waals surface area contributed by atoms with E-state index in [0.29, 0.717) is 6.04 Å². The summed E-state index contributed by atoms with van der Waals surface area (Å²) in [5.41, 5.74) is 2.47. The van der Waals surface area contributed by atoms with Crippen molar-refractivity contribution in [3.05, 3.63) is 23.4 Å². The Hall–Kier alpha value is -1.13. The van der Waals surface area contributed by atoms with E-state index >= 15 is 0 Å². The van der Waals surface area contributed by atoms with Gasteiger partial charge in [0, 0.05) is 32.4 Å². The molecule has 1 rings (SSSR count). The predicted octanol–water partition coefficient (Wildman–Crippen LogP) is 2.75. The molecule has 0 unspecified atom stereocenters. The van der Waals surface area contributed by atoms with E-state index in [2.05, 4.69) is 49.0 Å². The Morgan fingerprint density at radius 3 is 2.70 bits per heavy atom. The second kappa shape index (κ2) is 8.93. The van der Waals surface area contributed by atoms with E-state index < -0.39 is 0 Å².